The maximum Gasteiger partial charge on any atom is 0.407 e. The second-order valence-electron chi connectivity index (χ2n) is 5.33. The fourth-order valence-corrected chi connectivity index (χ4v) is 2.79. The zero-order chi connectivity index (χ0) is 17.6. The summed E-state index contributed by atoms with van der Waals surface area (Å²) >= 11 is 0. The second kappa shape index (κ2) is 5.84. The van der Waals surface area contributed by atoms with Crippen LogP contribution in [0.4, 0.5) is 13.6 Å². The lowest BCUT2D eigenvalue weighted by atomic mass is 9.95. The monoisotopic (exact) mass is 340 g/mol. The number of hydrogen-bond acceptors (Lipinski definition) is 5. The van der Waals surface area contributed by atoms with E-state index in [4.69, 9.17) is 9.47 Å². The Morgan fingerprint density at radius 3 is 2.58 bits per heavy atom. The Morgan fingerprint density at radius 1 is 1.38 bits per heavy atom. The van der Waals surface area contributed by atoms with Crippen molar-refractivity contribution < 1.29 is 33.3 Å². The Morgan fingerprint density at radius 2 is 2.00 bits per heavy atom. The summed E-state index contributed by atoms with van der Waals surface area (Å²) < 4.78 is 37.6. The van der Waals surface area contributed by atoms with Gasteiger partial charge in [-0.3, -0.25) is 0 Å². The van der Waals surface area contributed by atoms with Crippen molar-refractivity contribution in [1.82, 2.24) is 9.88 Å². The van der Waals surface area contributed by atoms with Gasteiger partial charge in [-0.25, -0.2) is 18.6 Å². The number of benzene rings is 1. The van der Waals surface area contributed by atoms with Gasteiger partial charge in [0.1, 0.15) is 5.69 Å². The summed E-state index contributed by atoms with van der Waals surface area (Å²) in [6, 6.07) is 1.02. The summed E-state index contributed by atoms with van der Waals surface area (Å²) in [6.07, 6.45) is -2.66. The maximum atomic E-state index is 13.8. The highest BCUT2D eigenvalue weighted by Crippen LogP contribution is 2.41. The summed E-state index contributed by atoms with van der Waals surface area (Å²) in [5, 5.41) is 19.6. The van der Waals surface area contributed by atoms with E-state index in [-0.39, 0.29) is 34.5 Å². The van der Waals surface area contributed by atoms with Crippen molar-refractivity contribution in [2.45, 2.75) is 12.3 Å². The molecule has 0 bridgehead atoms. The lowest BCUT2D eigenvalue weighted by Gasteiger charge is -2.34. The molecule has 3 rings (SSSR count). The molecule has 0 aliphatic carbocycles. The van der Waals surface area contributed by atoms with Gasteiger partial charge in [0.15, 0.2) is 17.9 Å². The minimum atomic E-state index is -1.43. The van der Waals surface area contributed by atoms with E-state index in [1.165, 1.54) is 14.2 Å². The van der Waals surface area contributed by atoms with Crippen molar-refractivity contribution in [3.63, 3.8) is 0 Å². The number of halogens is 2. The zero-order valence-corrected chi connectivity index (χ0v) is 12.8. The molecule has 0 radical (unpaired) electrons. The number of aliphatic hydroxyl groups excluding tert-OH is 1. The van der Waals surface area contributed by atoms with E-state index in [0.29, 0.717) is 0 Å². The highest BCUT2D eigenvalue weighted by molar-refractivity contribution is 5.91. The summed E-state index contributed by atoms with van der Waals surface area (Å²) in [7, 11) is 2.61. The first-order valence-electron chi connectivity index (χ1n) is 6.97. The van der Waals surface area contributed by atoms with E-state index < -0.39 is 30.1 Å². The standard InChI is InChI=1S/C15H14F2N2O5/c1-19(15(21)22)10-5-24-14(20)12-11(10)6-3-8(16)9(17)4-7(6)13(18-12)23-2/h3-4,10,14,20H,5H2,1-2H3,(H,21,22). The lowest BCUT2D eigenvalue weighted by Crippen LogP contribution is -2.37. The molecule has 0 fully saturated rings. The third-order valence-corrected chi connectivity index (χ3v) is 4.02. The first-order valence-corrected chi connectivity index (χ1v) is 6.97. The average molecular weight is 340 g/mol. The number of aromatic nitrogens is 1. The van der Waals surface area contributed by atoms with Crippen LogP contribution in [-0.4, -0.2) is 47.0 Å². The molecular formula is C15H14F2N2O5. The number of pyridine rings is 1. The molecule has 2 heterocycles. The number of amides is 1. The molecule has 9 heteroatoms. The van der Waals surface area contributed by atoms with Gasteiger partial charge >= 0.3 is 6.09 Å². The van der Waals surface area contributed by atoms with Crippen LogP contribution in [0.25, 0.3) is 10.8 Å². The number of carboxylic acid groups (broad SMARTS) is 1. The molecule has 0 spiro atoms. The Hall–Kier alpha value is -2.52. The number of nitrogens with zero attached hydrogens (tertiary/aromatic N) is 2. The first-order chi connectivity index (χ1) is 11.3. The van der Waals surface area contributed by atoms with Gasteiger partial charge in [-0.1, -0.05) is 0 Å². The second-order valence-corrected chi connectivity index (χ2v) is 5.33. The van der Waals surface area contributed by atoms with Crippen LogP contribution in [0.3, 0.4) is 0 Å². The average Bonchev–Trinajstić information content (AvgIpc) is 2.55. The Bertz CT molecular complexity index is 829. The van der Waals surface area contributed by atoms with Crippen LogP contribution >= 0.6 is 0 Å². The van der Waals surface area contributed by atoms with Crippen LogP contribution in [0, 0.1) is 11.6 Å². The van der Waals surface area contributed by atoms with Crippen molar-refractivity contribution >= 4 is 16.9 Å². The predicted molar refractivity (Wildman–Crippen MR) is 77.7 cm³/mol. The molecule has 1 aromatic carbocycles. The molecule has 2 N–H and O–H groups in total. The molecule has 2 atom stereocenters. The summed E-state index contributed by atoms with van der Waals surface area (Å²) in [4.78, 5) is 16.4. The number of methoxy groups -OCH3 is 1. The van der Waals surface area contributed by atoms with E-state index in [1.807, 2.05) is 0 Å². The van der Waals surface area contributed by atoms with E-state index in [2.05, 4.69) is 4.98 Å². The molecular weight excluding hydrogens is 326 g/mol. The predicted octanol–water partition coefficient (Wildman–Crippen LogP) is 2.19. The summed E-state index contributed by atoms with van der Waals surface area (Å²) in [6.45, 7) is -0.154. The van der Waals surface area contributed by atoms with Crippen molar-refractivity contribution in [2.75, 3.05) is 20.8 Å². The number of rotatable bonds is 2. The van der Waals surface area contributed by atoms with Crippen LogP contribution in [0.5, 0.6) is 5.88 Å². The maximum absolute atomic E-state index is 13.8. The van der Waals surface area contributed by atoms with Gasteiger partial charge < -0.3 is 24.6 Å². The largest absolute Gasteiger partial charge is 0.481 e. The Balaban J connectivity index is 2.37. The normalized spacial score (nSPS) is 19.9. The Kier molecular flexibility index (Phi) is 3.98. The first kappa shape index (κ1) is 16.3. The van der Waals surface area contributed by atoms with Gasteiger partial charge in [0.25, 0.3) is 0 Å². The minimum Gasteiger partial charge on any atom is -0.481 e. The number of hydrogen-bond donors (Lipinski definition) is 2. The number of likely N-dealkylation sites (N-methyl/N-ethyl adjacent to an activating group) is 1. The topological polar surface area (TPSA) is 92.1 Å². The third kappa shape index (κ3) is 2.42. The minimum absolute atomic E-state index is 0.00899. The highest BCUT2D eigenvalue weighted by atomic mass is 19.2. The molecule has 1 amide bonds. The van der Waals surface area contributed by atoms with E-state index >= 15 is 0 Å². The molecule has 7 nitrogen and oxygen atoms in total. The van der Waals surface area contributed by atoms with Gasteiger partial charge in [0, 0.05) is 18.0 Å². The quantitative estimate of drug-likeness (QED) is 0.871. The third-order valence-electron chi connectivity index (χ3n) is 4.02. The van der Waals surface area contributed by atoms with Crippen LogP contribution in [-0.2, 0) is 4.74 Å². The van der Waals surface area contributed by atoms with Crippen molar-refractivity contribution in [1.29, 1.82) is 0 Å². The van der Waals surface area contributed by atoms with Gasteiger partial charge in [-0.05, 0) is 17.5 Å². The molecule has 2 aromatic rings. The molecule has 2 unspecified atom stereocenters. The van der Waals surface area contributed by atoms with E-state index in [0.717, 1.165) is 17.0 Å². The van der Waals surface area contributed by atoms with Gasteiger partial charge in [0.2, 0.25) is 5.88 Å². The van der Waals surface area contributed by atoms with Crippen molar-refractivity contribution in [2.24, 2.45) is 0 Å². The van der Waals surface area contributed by atoms with Gasteiger partial charge in [-0.15, -0.1) is 0 Å². The molecule has 0 saturated carbocycles. The van der Waals surface area contributed by atoms with Crippen molar-refractivity contribution in [3.05, 3.63) is 35.0 Å². The number of carbonyl (C=O) groups is 1. The summed E-state index contributed by atoms with van der Waals surface area (Å²) in [5.74, 6) is -2.21. The molecule has 24 heavy (non-hydrogen) atoms. The fraction of sp³-hybridized carbons (Fsp3) is 0.333. The molecule has 1 aliphatic rings. The fourth-order valence-electron chi connectivity index (χ4n) is 2.79. The van der Waals surface area contributed by atoms with Gasteiger partial charge in [0.05, 0.1) is 19.8 Å². The lowest BCUT2D eigenvalue weighted by molar-refractivity contribution is -0.130. The molecule has 128 valence electrons. The number of aliphatic hydroxyl groups is 1. The smallest absolute Gasteiger partial charge is 0.407 e. The van der Waals surface area contributed by atoms with Crippen LogP contribution in [0.2, 0.25) is 0 Å². The molecule has 0 saturated heterocycles. The van der Waals surface area contributed by atoms with E-state index in [9.17, 15) is 23.8 Å². The van der Waals surface area contributed by atoms with E-state index in [1.54, 1.807) is 0 Å². The van der Waals surface area contributed by atoms with Crippen LogP contribution in [0.15, 0.2) is 12.1 Å². The molecule has 1 aliphatic heterocycles. The number of ether oxygens (including phenoxy) is 2. The zero-order valence-electron chi connectivity index (χ0n) is 12.8. The number of fused-ring (bicyclic) bond motifs is 3. The van der Waals surface area contributed by atoms with Crippen molar-refractivity contribution in [3.8, 4) is 5.88 Å². The SMILES string of the molecule is COc1nc2c(c3cc(F)c(F)cc13)C(N(C)C(=O)O)COC2O. The Labute approximate surface area is 135 Å². The van der Waals surface area contributed by atoms with Gasteiger partial charge in [-0.2, -0.15) is 0 Å². The van der Waals surface area contributed by atoms with Crippen LogP contribution in [0.1, 0.15) is 23.6 Å². The summed E-state index contributed by atoms with van der Waals surface area (Å²) in [5.41, 5.74) is 0.267. The molecule has 1 aromatic heterocycles. The van der Waals surface area contributed by atoms with Crippen LogP contribution < -0.4 is 4.74 Å². The highest BCUT2D eigenvalue weighted by Gasteiger charge is 2.35.